The van der Waals surface area contributed by atoms with Gasteiger partial charge in [-0.2, -0.15) is 0 Å². The molecule has 2 aromatic carbocycles. The van der Waals surface area contributed by atoms with Crippen molar-refractivity contribution in [2.45, 2.75) is 0 Å². The SMILES string of the molecule is CN1C(=O)c2ccc(NC(=O)COc3ccc(F)cc3)cc2C1=O. The van der Waals surface area contributed by atoms with Gasteiger partial charge in [0.25, 0.3) is 17.7 Å². The van der Waals surface area contributed by atoms with E-state index in [4.69, 9.17) is 4.74 Å². The second-order valence-electron chi connectivity index (χ2n) is 5.22. The number of hydrogen-bond acceptors (Lipinski definition) is 4. The van der Waals surface area contributed by atoms with Gasteiger partial charge in [0.1, 0.15) is 11.6 Å². The summed E-state index contributed by atoms with van der Waals surface area (Å²) in [6.07, 6.45) is 0. The zero-order valence-electron chi connectivity index (χ0n) is 12.7. The first kappa shape index (κ1) is 15.7. The molecular weight excluding hydrogens is 315 g/mol. The molecule has 1 aliphatic rings. The van der Waals surface area contributed by atoms with E-state index < -0.39 is 17.6 Å². The van der Waals surface area contributed by atoms with Gasteiger partial charge in [0, 0.05) is 12.7 Å². The van der Waals surface area contributed by atoms with Gasteiger partial charge in [-0.3, -0.25) is 19.3 Å². The normalized spacial score (nSPS) is 13.0. The largest absolute Gasteiger partial charge is 0.484 e. The number of halogens is 1. The number of ether oxygens (including phenoxy) is 1. The minimum Gasteiger partial charge on any atom is -0.484 e. The first-order valence-electron chi connectivity index (χ1n) is 7.10. The van der Waals surface area contributed by atoms with Gasteiger partial charge in [0.2, 0.25) is 0 Å². The number of carbonyl (C=O) groups excluding carboxylic acids is 3. The average molecular weight is 328 g/mol. The Morgan fingerprint density at radius 1 is 1.08 bits per heavy atom. The van der Waals surface area contributed by atoms with Gasteiger partial charge in [0.05, 0.1) is 11.1 Å². The number of anilines is 1. The fourth-order valence-corrected chi connectivity index (χ4v) is 2.32. The minimum atomic E-state index is -0.440. The van der Waals surface area contributed by atoms with E-state index in [-0.39, 0.29) is 18.1 Å². The van der Waals surface area contributed by atoms with Crippen LogP contribution in [0.25, 0.3) is 0 Å². The van der Waals surface area contributed by atoms with Crippen molar-refractivity contribution in [3.8, 4) is 5.75 Å². The number of benzene rings is 2. The Balaban J connectivity index is 1.64. The summed E-state index contributed by atoms with van der Waals surface area (Å²) in [5.74, 6) is -1.25. The maximum Gasteiger partial charge on any atom is 0.262 e. The zero-order chi connectivity index (χ0) is 17.3. The van der Waals surface area contributed by atoms with Crippen LogP contribution >= 0.6 is 0 Å². The predicted molar refractivity (Wildman–Crippen MR) is 83.4 cm³/mol. The number of hydrogen-bond donors (Lipinski definition) is 1. The molecule has 7 heteroatoms. The quantitative estimate of drug-likeness (QED) is 0.872. The van der Waals surface area contributed by atoms with Gasteiger partial charge in [0.15, 0.2) is 6.61 Å². The number of nitrogens with zero attached hydrogens (tertiary/aromatic N) is 1. The molecule has 3 rings (SSSR count). The summed E-state index contributed by atoms with van der Waals surface area (Å²) in [7, 11) is 1.40. The molecule has 0 radical (unpaired) electrons. The number of imide groups is 1. The number of carbonyl (C=O) groups is 3. The molecule has 1 aliphatic heterocycles. The zero-order valence-corrected chi connectivity index (χ0v) is 12.7. The van der Waals surface area contributed by atoms with Crippen LogP contribution in [0.1, 0.15) is 20.7 Å². The van der Waals surface area contributed by atoms with Crippen LogP contribution in [0.4, 0.5) is 10.1 Å². The van der Waals surface area contributed by atoms with Crippen molar-refractivity contribution < 1.29 is 23.5 Å². The highest BCUT2D eigenvalue weighted by molar-refractivity contribution is 6.21. The van der Waals surface area contributed by atoms with E-state index in [2.05, 4.69) is 5.32 Å². The van der Waals surface area contributed by atoms with Crippen LogP contribution in [-0.2, 0) is 4.79 Å². The van der Waals surface area contributed by atoms with Gasteiger partial charge >= 0.3 is 0 Å². The molecule has 0 atom stereocenters. The minimum absolute atomic E-state index is 0.250. The first-order valence-corrected chi connectivity index (χ1v) is 7.10. The van der Waals surface area contributed by atoms with Gasteiger partial charge in [-0.05, 0) is 42.5 Å². The molecular formula is C17H13FN2O4. The number of fused-ring (bicyclic) bond motifs is 1. The van der Waals surface area contributed by atoms with Gasteiger partial charge in [-0.25, -0.2) is 4.39 Å². The van der Waals surface area contributed by atoms with Crippen LogP contribution < -0.4 is 10.1 Å². The fourth-order valence-electron chi connectivity index (χ4n) is 2.32. The van der Waals surface area contributed by atoms with Gasteiger partial charge < -0.3 is 10.1 Å². The molecule has 6 nitrogen and oxygen atoms in total. The third-order valence-corrected chi connectivity index (χ3v) is 3.56. The highest BCUT2D eigenvalue weighted by atomic mass is 19.1. The Labute approximate surface area is 136 Å². The van der Waals surface area contributed by atoms with E-state index >= 15 is 0 Å². The number of rotatable bonds is 4. The Morgan fingerprint density at radius 3 is 2.46 bits per heavy atom. The molecule has 1 heterocycles. The van der Waals surface area contributed by atoms with Crippen molar-refractivity contribution in [2.75, 3.05) is 19.0 Å². The van der Waals surface area contributed by atoms with E-state index in [1.165, 1.54) is 43.4 Å². The second kappa shape index (κ2) is 6.11. The summed E-state index contributed by atoms with van der Waals surface area (Å²) in [6, 6.07) is 9.78. The second-order valence-corrected chi connectivity index (χ2v) is 5.22. The summed E-state index contributed by atoms with van der Waals surface area (Å²) in [6.45, 7) is -0.268. The average Bonchev–Trinajstić information content (AvgIpc) is 2.79. The molecule has 0 aliphatic carbocycles. The molecule has 1 N–H and O–H groups in total. The highest BCUT2D eigenvalue weighted by Crippen LogP contribution is 2.24. The summed E-state index contributed by atoms with van der Waals surface area (Å²) in [5.41, 5.74) is 0.945. The third kappa shape index (κ3) is 2.96. The predicted octanol–water partition coefficient (Wildman–Crippen LogP) is 2.07. The van der Waals surface area contributed by atoms with Crippen molar-refractivity contribution in [3.05, 3.63) is 59.4 Å². The van der Waals surface area contributed by atoms with E-state index in [1.54, 1.807) is 6.07 Å². The topological polar surface area (TPSA) is 75.7 Å². The lowest BCUT2D eigenvalue weighted by atomic mass is 10.1. The monoisotopic (exact) mass is 328 g/mol. The van der Waals surface area contributed by atoms with Crippen molar-refractivity contribution in [3.63, 3.8) is 0 Å². The molecule has 0 saturated heterocycles. The Bertz CT molecular complexity index is 833. The lowest BCUT2D eigenvalue weighted by molar-refractivity contribution is -0.118. The van der Waals surface area contributed by atoms with Crippen LogP contribution in [0, 0.1) is 5.82 Å². The molecule has 0 aromatic heterocycles. The Morgan fingerprint density at radius 2 is 1.75 bits per heavy atom. The highest BCUT2D eigenvalue weighted by Gasteiger charge is 2.32. The standard InChI is InChI=1S/C17H13FN2O4/c1-20-16(22)13-7-4-11(8-14(13)17(20)23)19-15(21)9-24-12-5-2-10(18)3-6-12/h2-8H,9H2,1H3,(H,19,21). The van der Waals surface area contributed by atoms with Crippen molar-refractivity contribution >= 4 is 23.4 Å². The number of nitrogens with one attached hydrogen (secondary N) is 1. The maximum atomic E-state index is 12.8. The summed E-state index contributed by atoms with van der Waals surface area (Å²) >= 11 is 0. The molecule has 0 bridgehead atoms. The van der Waals surface area contributed by atoms with E-state index in [1.807, 2.05) is 0 Å². The molecule has 122 valence electrons. The van der Waals surface area contributed by atoms with Crippen LogP contribution in [0.2, 0.25) is 0 Å². The summed E-state index contributed by atoms with van der Waals surface area (Å²) in [5, 5.41) is 2.58. The first-order chi connectivity index (χ1) is 11.5. The lowest BCUT2D eigenvalue weighted by Crippen LogP contribution is -2.24. The van der Waals surface area contributed by atoms with Gasteiger partial charge in [-0.1, -0.05) is 0 Å². The lowest BCUT2D eigenvalue weighted by Gasteiger charge is -2.08. The summed E-state index contributed by atoms with van der Waals surface area (Å²) in [4.78, 5) is 36.6. The molecule has 24 heavy (non-hydrogen) atoms. The van der Waals surface area contributed by atoms with E-state index in [0.29, 0.717) is 17.0 Å². The third-order valence-electron chi connectivity index (χ3n) is 3.56. The van der Waals surface area contributed by atoms with Crippen molar-refractivity contribution in [1.82, 2.24) is 4.90 Å². The molecule has 2 aromatic rings. The molecule has 3 amide bonds. The van der Waals surface area contributed by atoms with E-state index in [0.717, 1.165) is 4.90 Å². The molecule has 0 spiro atoms. The smallest absolute Gasteiger partial charge is 0.262 e. The van der Waals surface area contributed by atoms with Crippen LogP contribution in [-0.4, -0.2) is 36.3 Å². The van der Waals surface area contributed by atoms with E-state index in [9.17, 15) is 18.8 Å². The van der Waals surface area contributed by atoms with Gasteiger partial charge in [-0.15, -0.1) is 0 Å². The Hall–Kier alpha value is -3.22. The molecule has 0 fully saturated rings. The molecule has 0 unspecified atom stereocenters. The van der Waals surface area contributed by atoms with Crippen molar-refractivity contribution in [2.24, 2.45) is 0 Å². The Kier molecular flexibility index (Phi) is 3.99. The molecule has 0 saturated carbocycles. The fraction of sp³-hybridized carbons (Fsp3) is 0.118. The van der Waals surface area contributed by atoms with Crippen LogP contribution in [0.3, 0.4) is 0 Å². The summed E-state index contributed by atoms with van der Waals surface area (Å²) < 4.78 is 18.0. The maximum absolute atomic E-state index is 12.8. The number of amides is 3. The van der Waals surface area contributed by atoms with Crippen LogP contribution in [0.5, 0.6) is 5.75 Å². The van der Waals surface area contributed by atoms with Crippen LogP contribution in [0.15, 0.2) is 42.5 Å². The van der Waals surface area contributed by atoms with Crippen molar-refractivity contribution in [1.29, 1.82) is 0 Å².